The van der Waals surface area contributed by atoms with Gasteiger partial charge in [0.25, 0.3) is 5.91 Å². The molecule has 126 valence electrons. The summed E-state index contributed by atoms with van der Waals surface area (Å²) >= 11 is 4.78. The van der Waals surface area contributed by atoms with Crippen LogP contribution in [-0.4, -0.2) is 51.2 Å². The number of carbonyl (C=O) groups is 1. The first-order chi connectivity index (χ1) is 11.7. The number of carbonyl (C=O) groups excluding carboxylic acids is 1. The van der Waals surface area contributed by atoms with E-state index in [0.717, 1.165) is 28.9 Å². The number of pyridine rings is 1. The third kappa shape index (κ3) is 4.05. The molecule has 0 N–H and O–H groups in total. The molecule has 1 aliphatic heterocycles. The highest BCUT2D eigenvalue weighted by molar-refractivity contribution is 9.10. The third-order valence-corrected chi connectivity index (χ3v) is 4.85. The summed E-state index contributed by atoms with van der Waals surface area (Å²) in [6.07, 6.45) is 8.59. The van der Waals surface area contributed by atoms with Crippen molar-refractivity contribution >= 4 is 33.6 Å². The smallest absolute Gasteiger partial charge is 0.316 e. The molecule has 1 amide bonds. The fourth-order valence-electron chi connectivity index (χ4n) is 2.62. The van der Waals surface area contributed by atoms with E-state index in [-0.39, 0.29) is 12.0 Å². The number of piperidine rings is 1. The Labute approximate surface area is 153 Å². The Morgan fingerprint density at radius 1 is 1.38 bits per heavy atom. The Balaban J connectivity index is 1.68. The molecule has 0 aliphatic carbocycles. The molecule has 0 radical (unpaired) electrons. The molecule has 0 bridgehead atoms. The molecule has 8 heteroatoms. The van der Waals surface area contributed by atoms with Crippen molar-refractivity contribution in [3.63, 3.8) is 0 Å². The second-order valence-electron chi connectivity index (χ2n) is 5.38. The van der Waals surface area contributed by atoms with Crippen LogP contribution < -0.4 is 4.74 Å². The maximum Gasteiger partial charge on any atom is 0.316 e. The van der Waals surface area contributed by atoms with E-state index in [1.54, 1.807) is 24.7 Å². The minimum absolute atomic E-state index is 0.00234. The van der Waals surface area contributed by atoms with Gasteiger partial charge in [0.15, 0.2) is 0 Å². The van der Waals surface area contributed by atoms with Gasteiger partial charge in [-0.1, -0.05) is 0 Å². The minimum atomic E-state index is -0.0988. The van der Waals surface area contributed by atoms with Crippen LogP contribution in [0.25, 0.3) is 0 Å². The molecule has 0 spiro atoms. The lowest BCUT2D eigenvalue weighted by Crippen LogP contribution is -2.44. The number of halogens is 1. The number of amides is 1. The van der Waals surface area contributed by atoms with E-state index in [9.17, 15) is 4.79 Å². The number of ether oxygens (including phenoxy) is 1. The lowest BCUT2D eigenvalue weighted by atomic mass is 10.1. The second-order valence-corrected chi connectivity index (χ2v) is 7.09. The van der Waals surface area contributed by atoms with E-state index in [0.29, 0.717) is 18.1 Å². The first kappa shape index (κ1) is 17.2. The molecular weight excluding hydrogens is 392 g/mol. The maximum atomic E-state index is 12.8. The van der Waals surface area contributed by atoms with Crippen molar-refractivity contribution in [3.05, 3.63) is 40.8 Å². The zero-order valence-electron chi connectivity index (χ0n) is 13.2. The van der Waals surface area contributed by atoms with E-state index < -0.39 is 0 Å². The average molecular weight is 409 g/mol. The van der Waals surface area contributed by atoms with Gasteiger partial charge in [0.05, 0.1) is 16.6 Å². The Morgan fingerprint density at radius 3 is 2.92 bits per heavy atom. The molecule has 24 heavy (non-hydrogen) atoms. The van der Waals surface area contributed by atoms with Gasteiger partial charge in [-0.15, -0.1) is 11.8 Å². The number of hydrogen-bond donors (Lipinski definition) is 0. The number of aromatic nitrogens is 3. The van der Waals surface area contributed by atoms with Crippen LogP contribution in [0.15, 0.2) is 40.2 Å². The fourth-order valence-corrected chi connectivity index (χ4v) is 3.36. The zero-order valence-corrected chi connectivity index (χ0v) is 15.6. The first-order valence-corrected chi connectivity index (χ1v) is 9.61. The van der Waals surface area contributed by atoms with Crippen LogP contribution in [0.4, 0.5) is 0 Å². The monoisotopic (exact) mass is 408 g/mol. The predicted octanol–water partition coefficient (Wildman–Crippen LogP) is 3.04. The van der Waals surface area contributed by atoms with Crippen LogP contribution in [0.3, 0.4) is 0 Å². The van der Waals surface area contributed by atoms with E-state index >= 15 is 0 Å². The molecule has 6 nitrogen and oxygen atoms in total. The molecule has 1 atom stereocenters. The van der Waals surface area contributed by atoms with Gasteiger partial charge in [0.2, 0.25) is 0 Å². The van der Waals surface area contributed by atoms with Crippen LogP contribution in [0.5, 0.6) is 6.01 Å². The summed E-state index contributed by atoms with van der Waals surface area (Å²) in [6, 6.07) is 3.95. The highest BCUT2D eigenvalue weighted by Gasteiger charge is 2.27. The van der Waals surface area contributed by atoms with Crippen molar-refractivity contribution in [1.82, 2.24) is 19.9 Å². The molecule has 1 fully saturated rings. The number of nitrogens with zero attached hydrogens (tertiary/aromatic N) is 4. The van der Waals surface area contributed by atoms with Crippen molar-refractivity contribution < 1.29 is 9.53 Å². The Morgan fingerprint density at radius 2 is 2.17 bits per heavy atom. The lowest BCUT2D eigenvalue weighted by Gasteiger charge is -2.32. The molecule has 1 saturated heterocycles. The number of thioether (sulfide) groups is 1. The summed E-state index contributed by atoms with van der Waals surface area (Å²) in [4.78, 5) is 27.2. The number of hydrogen-bond acceptors (Lipinski definition) is 6. The highest BCUT2D eigenvalue weighted by atomic mass is 79.9. The first-order valence-electron chi connectivity index (χ1n) is 7.60. The van der Waals surface area contributed by atoms with Gasteiger partial charge in [-0.2, -0.15) is 0 Å². The fraction of sp³-hybridized carbons (Fsp3) is 0.375. The Kier molecular flexibility index (Phi) is 5.68. The zero-order chi connectivity index (χ0) is 16.9. The molecule has 3 rings (SSSR count). The third-order valence-electron chi connectivity index (χ3n) is 3.73. The maximum absolute atomic E-state index is 12.8. The van der Waals surface area contributed by atoms with Crippen molar-refractivity contribution in [2.24, 2.45) is 0 Å². The summed E-state index contributed by atoms with van der Waals surface area (Å²) in [5, 5.41) is 0.752. The minimum Gasteiger partial charge on any atom is -0.458 e. The Hall–Kier alpha value is -1.67. The van der Waals surface area contributed by atoms with Crippen LogP contribution in [0.2, 0.25) is 0 Å². The largest absolute Gasteiger partial charge is 0.458 e. The summed E-state index contributed by atoms with van der Waals surface area (Å²) in [5.41, 5.74) is 0.644. The molecule has 0 saturated carbocycles. The van der Waals surface area contributed by atoms with E-state index in [1.165, 1.54) is 11.8 Å². The van der Waals surface area contributed by atoms with Crippen molar-refractivity contribution in [2.45, 2.75) is 24.0 Å². The molecular formula is C16H17BrN4O2S. The van der Waals surface area contributed by atoms with Gasteiger partial charge in [0, 0.05) is 25.1 Å². The van der Waals surface area contributed by atoms with Gasteiger partial charge < -0.3 is 9.64 Å². The van der Waals surface area contributed by atoms with E-state index in [1.807, 2.05) is 17.2 Å². The van der Waals surface area contributed by atoms with Crippen molar-refractivity contribution in [1.29, 1.82) is 0 Å². The standard InChI is InChI=1S/C16H17BrN4O2S/c1-24-14-13(5-2-6-18-14)15(22)21-7-3-4-12(10-21)23-16-19-8-11(17)9-20-16/h2,5-6,8-9,12H,3-4,7,10H2,1H3. The SMILES string of the molecule is CSc1ncccc1C(=O)N1CCCC(Oc2ncc(Br)cn2)C1. The van der Waals surface area contributed by atoms with Gasteiger partial charge in [-0.05, 0) is 47.2 Å². The van der Waals surface area contributed by atoms with Crippen LogP contribution in [0, 0.1) is 0 Å². The van der Waals surface area contributed by atoms with Gasteiger partial charge >= 0.3 is 6.01 Å². The second kappa shape index (κ2) is 7.94. The van der Waals surface area contributed by atoms with Gasteiger partial charge in [0.1, 0.15) is 11.1 Å². The molecule has 1 unspecified atom stereocenters. The van der Waals surface area contributed by atoms with E-state index in [2.05, 4.69) is 30.9 Å². The van der Waals surface area contributed by atoms with Gasteiger partial charge in [-0.3, -0.25) is 4.79 Å². The van der Waals surface area contributed by atoms with Gasteiger partial charge in [-0.25, -0.2) is 15.0 Å². The molecule has 3 heterocycles. The van der Waals surface area contributed by atoms with E-state index in [4.69, 9.17) is 4.74 Å². The lowest BCUT2D eigenvalue weighted by molar-refractivity contribution is 0.0512. The van der Waals surface area contributed by atoms with Crippen LogP contribution in [0.1, 0.15) is 23.2 Å². The number of likely N-dealkylation sites (tertiary alicyclic amines) is 1. The summed E-state index contributed by atoms with van der Waals surface area (Å²) in [5.74, 6) is -0.00234. The summed E-state index contributed by atoms with van der Waals surface area (Å²) in [7, 11) is 0. The molecule has 1 aliphatic rings. The topological polar surface area (TPSA) is 68.2 Å². The van der Waals surface area contributed by atoms with Crippen molar-refractivity contribution in [3.8, 4) is 6.01 Å². The predicted molar refractivity (Wildman–Crippen MR) is 95.3 cm³/mol. The van der Waals surface area contributed by atoms with Crippen LogP contribution in [-0.2, 0) is 0 Å². The van der Waals surface area contributed by atoms with Crippen molar-refractivity contribution in [2.75, 3.05) is 19.3 Å². The Bertz CT molecular complexity index is 713. The summed E-state index contributed by atoms with van der Waals surface area (Å²) in [6.45, 7) is 1.25. The molecule has 2 aromatic heterocycles. The van der Waals surface area contributed by atoms with Crippen LogP contribution >= 0.6 is 27.7 Å². The summed E-state index contributed by atoms with van der Waals surface area (Å²) < 4.78 is 6.63. The normalized spacial score (nSPS) is 17.6. The quantitative estimate of drug-likeness (QED) is 0.724. The number of rotatable bonds is 4. The molecule has 2 aromatic rings. The molecule has 0 aromatic carbocycles. The highest BCUT2D eigenvalue weighted by Crippen LogP contribution is 2.22. The average Bonchev–Trinajstić information content (AvgIpc) is 2.63.